The van der Waals surface area contributed by atoms with Crippen molar-refractivity contribution < 1.29 is 30.0 Å². The van der Waals surface area contributed by atoms with E-state index in [4.69, 9.17) is 15.6 Å². The molecular formula is C18H17NO6. The lowest BCUT2D eigenvalue weighted by Gasteiger charge is -2.42. The molecule has 0 saturated carbocycles. The Kier molecular flexibility index (Phi) is 3.34. The number of esters is 1. The van der Waals surface area contributed by atoms with Gasteiger partial charge in [-0.05, 0) is 11.6 Å². The Bertz CT molecular complexity index is 811. The normalized spacial score (nSPS) is 37.0. The van der Waals surface area contributed by atoms with Gasteiger partial charge in [-0.2, -0.15) is 0 Å². The minimum atomic E-state index is -2.32. The highest BCUT2D eigenvalue weighted by molar-refractivity contribution is 5.99. The van der Waals surface area contributed by atoms with Crippen LogP contribution in [0.1, 0.15) is 19.4 Å². The first-order valence-corrected chi connectivity index (χ1v) is 7.94. The number of fused-ring (bicyclic) bond motifs is 2. The van der Waals surface area contributed by atoms with Crippen molar-refractivity contribution in [1.82, 2.24) is 4.90 Å². The van der Waals surface area contributed by atoms with Crippen molar-refractivity contribution in [2.24, 2.45) is 0 Å². The van der Waals surface area contributed by atoms with Crippen molar-refractivity contribution in [2.45, 2.75) is 30.2 Å². The van der Waals surface area contributed by atoms with E-state index in [0.29, 0.717) is 5.56 Å². The maximum atomic E-state index is 12.9. The summed E-state index contributed by atoms with van der Waals surface area (Å²) in [5, 5.41) is 0. The molecule has 3 heterocycles. The van der Waals surface area contributed by atoms with E-state index in [1.54, 1.807) is 30.3 Å². The second-order valence-corrected chi connectivity index (χ2v) is 6.09. The predicted molar refractivity (Wildman–Crippen MR) is 84.5 cm³/mol. The first-order valence-electron chi connectivity index (χ1n) is 8.44. The fourth-order valence-corrected chi connectivity index (χ4v) is 3.56. The van der Waals surface area contributed by atoms with Gasteiger partial charge in [0.05, 0.1) is 20.6 Å². The molecule has 3 aliphatic rings. The Morgan fingerprint density at radius 1 is 1.36 bits per heavy atom. The molecule has 1 aromatic rings. The number of carbonyl (C=O) groups is 3. The lowest BCUT2D eigenvalue weighted by Crippen LogP contribution is -2.64. The van der Waals surface area contributed by atoms with Gasteiger partial charge in [0.15, 0.2) is 5.78 Å². The Hall–Kier alpha value is -2.67. The summed E-state index contributed by atoms with van der Waals surface area (Å²) in [5.74, 6) is -1.49. The molecule has 2 fully saturated rings. The highest BCUT2D eigenvalue weighted by atomic mass is 16.6. The quantitative estimate of drug-likeness (QED) is 0.609. The number of hydrogen-bond acceptors (Lipinski definition) is 6. The monoisotopic (exact) mass is 344 g/mol. The molecule has 130 valence electrons. The molecule has 4 rings (SSSR count). The second kappa shape index (κ2) is 5.70. The average Bonchev–Trinajstić information content (AvgIpc) is 3.23. The standard InChI is InChI=1S/C18H17NO6/c1-23-16(21)18-8-7-12(25-18)9-14(20)15(18)19-13(10-24-17(19)22)11-5-3-2-4-6-11/h2-8,12-13,15H,9-10H2,1H3/t12?,13-,15?,18-/m0/s1/i15D. The van der Waals surface area contributed by atoms with E-state index in [0.717, 1.165) is 12.0 Å². The first kappa shape index (κ1) is 14.7. The van der Waals surface area contributed by atoms with Crippen LogP contribution in [-0.2, 0) is 23.8 Å². The molecule has 0 spiro atoms. The number of amides is 1. The van der Waals surface area contributed by atoms with Crippen LogP contribution >= 0.6 is 0 Å². The van der Waals surface area contributed by atoms with Crippen LogP contribution in [0.4, 0.5) is 4.79 Å². The third-order valence-corrected chi connectivity index (χ3v) is 4.67. The van der Waals surface area contributed by atoms with Crippen LogP contribution < -0.4 is 0 Å². The maximum Gasteiger partial charge on any atom is 0.411 e. The van der Waals surface area contributed by atoms with Gasteiger partial charge in [-0.3, -0.25) is 9.69 Å². The fraction of sp³-hybridized carbons (Fsp3) is 0.389. The largest absolute Gasteiger partial charge is 0.467 e. The van der Waals surface area contributed by atoms with Gasteiger partial charge >= 0.3 is 12.1 Å². The number of nitrogens with zero attached hydrogens (tertiary/aromatic N) is 1. The number of rotatable bonds is 3. The molecule has 7 nitrogen and oxygen atoms in total. The maximum absolute atomic E-state index is 12.9. The Balaban J connectivity index is 1.86. The highest BCUT2D eigenvalue weighted by Crippen LogP contribution is 2.43. The lowest BCUT2D eigenvalue weighted by atomic mass is 9.86. The lowest BCUT2D eigenvalue weighted by molar-refractivity contribution is -0.182. The molecule has 1 amide bonds. The van der Waals surface area contributed by atoms with Crippen molar-refractivity contribution in [3.8, 4) is 0 Å². The molecule has 1 aromatic carbocycles. The molecule has 3 aliphatic heterocycles. The van der Waals surface area contributed by atoms with Gasteiger partial charge in [0, 0.05) is 6.42 Å². The SMILES string of the molecule is [2H]C1(N2C(=O)OC[C@H]2c2ccccc2)C(=O)CC2C=C[C@]1(C(=O)OC)O2. The van der Waals surface area contributed by atoms with Crippen molar-refractivity contribution in [2.75, 3.05) is 13.7 Å². The number of carbonyl (C=O) groups excluding carboxylic acids is 3. The summed E-state index contributed by atoms with van der Waals surface area (Å²) in [4.78, 5) is 39.1. The summed E-state index contributed by atoms with van der Waals surface area (Å²) in [5.41, 5.74) is -1.32. The van der Waals surface area contributed by atoms with Gasteiger partial charge < -0.3 is 14.2 Å². The Morgan fingerprint density at radius 3 is 2.84 bits per heavy atom. The van der Waals surface area contributed by atoms with E-state index < -0.39 is 41.6 Å². The van der Waals surface area contributed by atoms with E-state index in [2.05, 4.69) is 0 Å². The average molecular weight is 344 g/mol. The molecule has 7 heteroatoms. The van der Waals surface area contributed by atoms with Crippen LogP contribution in [0.2, 0.25) is 0 Å². The van der Waals surface area contributed by atoms with E-state index >= 15 is 0 Å². The molecule has 0 aliphatic carbocycles. The molecule has 2 bridgehead atoms. The molecular weight excluding hydrogens is 326 g/mol. The van der Waals surface area contributed by atoms with Gasteiger partial charge in [-0.15, -0.1) is 0 Å². The summed E-state index contributed by atoms with van der Waals surface area (Å²) >= 11 is 0. The number of Topliss-reactive ketones (excluding diaryl/α,β-unsaturated/α-hetero) is 1. The molecule has 4 atom stereocenters. The van der Waals surface area contributed by atoms with Crippen molar-refractivity contribution >= 4 is 17.8 Å². The number of benzene rings is 1. The van der Waals surface area contributed by atoms with Crippen LogP contribution in [0.15, 0.2) is 42.5 Å². The van der Waals surface area contributed by atoms with Crippen molar-refractivity contribution in [1.29, 1.82) is 0 Å². The summed E-state index contributed by atoms with van der Waals surface area (Å²) in [7, 11) is 1.15. The zero-order chi connectivity index (χ0) is 18.5. The third-order valence-electron chi connectivity index (χ3n) is 4.67. The minimum absolute atomic E-state index is 0.0266. The van der Waals surface area contributed by atoms with Crippen molar-refractivity contribution in [3.63, 3.8) is 0 Å². The zero-order valence-corrected chi connectivity index (χ0v) is 13.5. The summed E-state index contributed by atoms with van der Waals surface area (Å²) in [6.07, 6.45) is 1.35. The number of hydrogen-bond donors (Lipinski definition) is 0. The Labute approximate surface area is 145 Å². The fourth-order valence-electron chi connectivity index (χ4n) is 3.56. The number of cyclic esters (lactones) is 1. The molecule has 2 unspecified atom stereocenters. The van der Waals surface area contributed by atoms with E-state index in [9.17, 15) is 14.4 Å². The van der Waals surface area contributed by atoms with Crippen LogP contribution in [0.3, 0.4) is 0 Å². The third kappa shape index (κ3) is 2.26. The van der Waals surface area contributed by atoms with Crippen molar-refractivity contribution in [3.05, 3.63) is 48.0 Å². The predicted octanol–water partition coefficient (Wildman–Crippen LogP) is 1.39. The molecule has 0 aromatic heterocycles. The summed E-state index contributed by atoms with van der Waals surface area (Å²) in [6.45, 7) is -0.0266. The van der Waals surface area contributed by atoms with Gasteiger partial charge in [-0.1, -0.05) is 36.4 Å². The highest BCUT2D eigenvalue weighted by Gasteiger charge is 2.62. The van der Waals surface area contributed by atoms with Crippen LogP contribution in [0, 0.1) is 0 Å². The van der Waals surface area contributed by atoms with Gasteiger partial charge in [0.25, 0.3) is 0 Å². The smallest absolute Gasteiger partial charge is 0.411 e. The molecule has 25 heavy (non-hydrogen) atoms. The van der Waals surface area contributed by atoms with Crippen LogP contribution in [0.25, 0.3) is 0 Å². The van der Waals surface area contributed by atoms with E-state index in [-0.39, 0.29) is 13.0 Å². The van der Waals surface area contributed by atoms with Crippen LogP contribution in [-0.4, -0.2) is 54.2 Å². The zero-order valence-electron chi connectivity index (χ0n) is 14.5. The van der Waals surface area contributed by atoms with E-state index in [1.165, 1.54) is 6.08 Å². The number of ether oxygens (including phenoxy) is 3. The second-order valence-electron chi connectivity index (χ2n) is 6.09. The molecule has 0 radical (unpaired) electrons. The van der Waals surface area contributed by atoms with Gasteiger partial charge in [0.1, 0.15) is 12.6 Å². The molecule has 0 N–H and O–H groups in total. The summed E-state index contributed by atoms with van der Waals surface area (Å²) in [6, 6.07) is 5.92. The Morgan fingerprint density at radius 2 is 2.12 bits per heavy atom. The molecule has 2 saturated heterocycles. The number of methoxy groups -OCH3 is 1. The van der Waals surface area contributed by atoms with Gasteiger partial charge in [-0.25, -0.2) is 9.59 Å². The van der Waals surface area contributed by atoms with E-state index in [1.807, 2.05) is 6.07 Å². The number of ketones is 1. The topological polar surface area (TPSA) is 82.1 Å². The van der Waals surface area contributed by atoms with Gasteiger partial charge in [0.2, 0.25) is 5.60 Å². The van der Waals surface area contributed by atoms with Crippen LogP contribution in [0.5, 0.6) is 0 Å². The first-order chi connectivity index (χ1) is 12.4. The summed E-state index contributed by atoms with van der Waals surface area (Å²) < 4.78 is 24.7. The minimum Gasteiger partial charge on any atom is -0.467 e.